The average molecular weight is 413 g/mol. The third-order valence-corrected chi connectivity index (χ3v) is 5.37. The van der Waals surface area contributed by atoms with Gasteiger partial charge in [0.2, 0.25) is 0 Å². The minimum Gasteiger partial charge on any atom is -0.368 e. The first-order chi connectivity index (χ1) is 14.3. The van der Waals surface area contributed by atoms with E-state index in [4.69, 9.17) is 10.5 Å². The molecule has 156 valence electrons. The lowest BCUT2D eigenvalue weighted by molar-refractivity contribution is -0.0646. The Balaban J connectivity index is 1.91. The molecule has 2 saturated heterocycles. The molecule has 3 heterocycles. The summed E-state index contributed by atoms with van der Waals surface area (Å²) in [5, 5.41) is 12.4. The summed E-state index contributed by atoms with van der Waals surface area (Å²) in [5.41, 5.74) is 6.67. The van der Waals surface area contributed by atoms with Gasteiger partial charge in [-0.1, -0.05) is 0 Å². The first-order valence-corrected chi connectivity index (χ1v) is 9.63. The SMILES string of the molecule is C[C@]1(N)CCN(c2c(C(=O)NC3CCO3)cnc(C#N)c2-c2cc(F)cc(F)c2)C1. The maximum absolute atomic E-state index is 14.0. The highest BCUT2D eigenvalue weighted by molar-refractivity contribution is 6.04. The number of rotatable bonds is 4. The van der Waals surface area contributed by atoms with Crippen molar-refractivity contribution < 1.29 is 18.3 Å². The van der Waals surface area contributed by atoms with Crippen molar-refractivity contribution in [1.29, 1.82) is 5.26 Å². The molecule has 1 aromatic heterocycles. The number of hydrogen-bond donors (Lipinski definition) is 2. The van der Waals surface area contributed by atoms with E-state index in [2.05, 4.69) is 10.3 Å². The van der Waals surface area contributed by atoms with Crippen molar-refractivity contribution in [3.63, 3.8) is 0 Å². The number of nitriles is 1. The van der Waals surface area contributed by atoms with Gasteiger partial charge in [-0.3, -0.25) is 4.79 Å². The number of benzene rings is 1. The van der Waals surface area contributed by atoms with Gasteiger partial charge in [0.25, 0.3) is 5.91 Å². The van der Waals surface area contributed by atoms with E-state index < -0.39 is 29.3 Å². The second-order valence-corrected chi connectivity index (χ2v) is 7.96. The zero-order chi connectivity index (χ0) is 21.5. The third kappa shape index (κ3) is 3.84. The molecule has 2 aliphatic heterocycles. The van der Waals surface area contributed by atoms with Crippen LogP contribution in [0.2, 0.25) is 0 Å². The number of carbonyl (C=O) groups is 1. The number of halogens is 2. The van der Waals surface area contributed by atoms with Crippen molar-refractivity contribution in [3.8, 4) is 17.2 Å². The summed E-state index contributed by atoms with van der Waals surface area (Å²) in [5.74, 6) is -2.01. The summed E-state index contributed by atoms with van der Waals surface area (Å²) in [6.45, 7) is 3.39. The van der Waals surface area contributed by atoms with Crippen LogP contribution in [0, 0.1) is 23.0 Å². The lowest BCUT2D eigenvalue weighted by atomic mass is 9.97. The predicted octanol–water partition coefficient (Wildman–Crippen LogP) is 2.30. The van der Waals surface area contributed by atoms with Gasteiger partial charge in [0.05, 0.1) is 17.9 Å². The minimum absolute atomic E-state index is 0.0305. The Bertz CT molecular complexity index is 1030. The Morgan fingerprint density at radius 2 is 2.10 bits per heavy atom. The molecule has 2 fully saturated rings. The lowest BCUT2D eigenvalue weighted by Crippen LogP contribution is -2.44. The lowest BCUT2D eigenvalue weighted by Gasteiger charge is -2.30. The highest BCUT2D eigenvalue weighted by Crippen LogP contribution is 2.39. The fourth-order valence-corrected chi connectivity index (χ4v) is 3.80. The second-order valence-electron chi connectivity index (χ2n) is 7.96. The molecule has 0 saturated carbocycles. The van der Waals surface area contributed by atoms with Crippen LogP contribution in [0.25, 0.3) is 11.1 Å². The van der Waals surface area contributed by atoms with Crippen LogP contribution in [0.15, 0.2) is 24.4 Å². The van der Waals surface area contributed by atoms with Crippen molar-refractivity contribution in [3.05, 3.63) is 47.3 Å². The Hall–Kier alpha value is -3.09. The van der Waals surface area contributed by atoms with Gasteiger partial charge >= 0.3 is 0 Å². The van der Waals surface area contributed by atoms with Crippen molar-refractivity contribution in [2.45, 2.75) is 31.5 Å². The van der Waals surface area contributed by atoms with Gasteiger partial charge < -0.3 is 20.7 Å². The number of amides is 1. The monoisotopic (exact) mass is 413 g/mol. The van der Waals surface area contributed by atoms with E-state index in [1.54, 1.807) is 0 Å². The van der Waals surface area contributed by atoms with Crippen LogP contribution in [-0.2, 0) is 4.74 Å². The number of hydrogen-bond acceptors (Lipinski definition) is 6. The summed E-state index contributed by atoms with van der Waals surface area (Å²) >= 11 is 0. The number of aromatic nitrogens is 1. The van der Waals surface area contributed by atoms with E-state index in [1.165, 1.54) is 6.20 Å². The molecule has 0 bridgehead atoms. The molecule has 1 unspecified atom stereocenters. The first kappa shape index (κ1) is 20.2. The first-order valence-electron chi connectivity index (χ1n) is 9.63. The summed E-state index contributed by atoms with van der Waals surface area (Å²) in [7, 11) is 0. The zero-order valence-electron chi connectivity index (χ0n) is 16.4. The molecule has 30 heavy (non-hydrogen) atoms. The fraction of sp³-hybridized carbons (Fsp3) is 0.381. The molecule has 7 nitrogen and oxygen atoms in total. The molecular formula is C21H21F2N5O2. The van der Waals surface area contributed by atoms with Gasteiger partial charge in [-0.15, -0.1) is 0 Å². The Morgan fingerprint density at radius 1 is 1.40 bits per heavy atom. The van der Waals surface area contributed by atoms with Crippen molar-refractivity contribution in [2.24, 2.45) is 5.73 Å². The van der Waals surface area contributed by atoms with Gasteiger partial charge in [0.1, 0.15) is 29.6 Å². The van der Waals surface area contributed by atoms with Gasteiger partial charge in [-0.2, -0.15) is 5.26 Å². The van der Waals surface area contributed by atoms with Crippen LogP contribution in [0.4, 0.5) is 14.5 Å². The number of nitrogens with zero attached hydrogens (tertiary/aromatic N) is 3. The van der Waals surface area contributed by atoms with Crippen LogP contribution in [0.3, 0.4) is 0 Å². The number of anilines is 1. The van der Waals surface area contributed by atoms with Gasteiger partial charge in [-0.05, 0) is 31.0 Å². The molecule has 9 heteroatoms. The number of pyridine rings is 1. The van der Waals surface area contributed by atoms with Crippen molar-refractivity contribution in [2.75, 3.05) is 24.6 Å². The van der Waals surface area contributed by atoms with E-state index in [0.29, 0.717) is 38.2 Å². The van der Waals surface area contributed by atoms with Crippen LogP contribution >= 0.6 is 0 Å². The molecule has 3 N–H and O–H groups in total. The molecule has 1 aromatic carbocycles. The zero-order valence-corrected chi connectivity index (χ0v) is 16.4. The van der Waals surface area contributed by atoms with Gasteiger partial charge in [-0.25, -0.2) is 13.8 Å². The van der Waals surface area contributed by atoms with E-state index in [1.807, 2.05) is 17.9 Å². The van der Waals surface area contributed by atoms with Crippen molar-refractivity contribution >= 4 is 11.6 Å². The molecule has 4 rings (SSSR count). The molecule has 2 aliphatic rings. The Labute approximate surface area is 172 Å². The molecule has 1 amide bonds. The molecular weight excluding hydrogens is 392 g/mol. The van der Waals surface area contributed by atoms with Gasteiger partial charge in [0.15, 0.2) is 0 Å². The number of carbonyl (C=O) groups excluding carboxylic acids is 1. The van der Waals surface area contributed by atoms with Crippen molar-refractivity contribution in [1.82, 2.24) is 10.3 Å². The topological polar surface area (TPSA) is 104 Å². The normalized spacial score (nSPS) is 23.0. The number of nitrogens with one attached hydrogen (secondary N) is 1. The predicted molar refractivity (Wildman–Crippen MR) is 106 cm³/mol. The van der Waals surface area contributed by atoms with E-state index in [0.717, 1.165) is 18.2 Å². The molecule has 0 spiro atoms. The summed E-state index contributed by atoms with van der Waals surface area (Å²) < 4.78 is 33.3. The molecule has 2 aromatic rings. The smallest absolute Gasteiger partial charge is 0.256 e. The van der Waals surface area contributed by atoms with Crippen LogP contribution in [-0.4, -0.2) is 42.4 Å². The Morgan fingerprint density at radius 3 is 2.63 bits per heavy atom. The summed E-state index contributed by atoms with van der Waals surface area (Å²) in [6, 6.07) is 4.97. The molecule has 0 radical (unpaired) electrons. The third-order valence-electron chi connectivity index (χ3n) is 5.37. The molecule has 0 aliphatic carbocycles. The van der Waals surface area contributed by atoms with E-state index in [9.17, 15) is 18.8 Å². The minimum atomic E-state index is -0.789. The van der Waals surface area contributed by atoms with E-state index >= 15 is 0 Å². The van der Waals surface area contributed by atoms with Crippen LogP contribution in [0.5, 0.6) is 0 Å². The quantitative estimate of drug-likeness (QED) is 0.797. The van der Waals surface area contributed by atoms with E-state index in [-0.39, 0.29) is 22.4 Å². The van der Waals surface area contributed by atoms with Gasteiger partial charge in [0, 0.05) is 42.9 Å². The highest BCUT2D eigenvalue weighted by Gasteiger charge is 2.35. The standard InChI is InChI=1S/C21H21F2N5O2/c1-21(25)3-4-28(11-21)19-15(20(29)27-17-2-5-30-17)10-26-16(9-24)18(19)12-6-13(22)8-14(23)7-12/h6-8,10,17H,2-5,11,25H2,1H3,(H,27,29)/t17?,21-/m0/s1. The Kier molecular flexibility index (Phi) is 5.13. The second kappa shape index (κ2) is 7.63. The molecule has 2 atom stereocenters. The highest BCUT2D eigenvalue weighted by atomic mass is 19.1. The van der Waals surface area contributed by atoms with Crippen LogP contribution < -0.4 is 16.0 Å². The van der Waals surface area contributed by atoms with Crippen LogP contribution in [0.1, 0.15) is 35.8 Å². The number of ether oxygens (including phenoxy) is 1. The average Bonchev–Trinajstić information content (AvgIpc) is 3.02. The summed E-state index contributed by atoms with van der Waals surface area (Å²) in [6.07, 6.45) is 2.26. The number of nitrogens with two attached hydrogens (primary N) is 1. The summed E-state index contributed by atoms with van der Waals surface area (Å²) in [4.78, 5) is 19.0. The largest absolute Gasteiger partial charge is 0.368 e. The maximum atomic E-state index is 14.0. The fourth-order valence-electron chi connectivity index (χ4n) is 3.80. The maximum Gasteiger partial charge on any atom is 0.256 e.